The minimum Gasteiger partial charge on any atom is -0.396 e. The van der Waals surface area contributed by atoms with Crippen molar-refractivity contribution in [2.45, 2.75) is 43.7 Å². The second-order valence-electron chi connectivity index (χ2n) is 4.13. The minimum atomic E-state index is -0.385. The van der Waals surface area contributed by atoms with Gasteiger partial charge in [0.25, 0.3) is 0 Å². The molecule has 86 valence electrons. The van der Waals surface area contributed by atoms with Gasteiger partial charge in [0.05, 0.1) is 12.2 Å². The fourth-order valence-electron chi connectivity index (χ4n) is 2.05. The zero-order valence-electron chi connectivity index (χ0n) is 9.33. The van der Waals surface area contributed by atoms with Gasteiger partial charge in [0.15, 0.2) is 0 Å². The quantitative estimate of drug-likeness (QED) is 0.662. The van der Waals surface area contributed by atoms with Crippen LogP contribution < -0.4 is 5.32 Å². The molecule has 1 rings (SSSR count). The van der Waals surface area contributed by atoms with Crippen LogP contribution in [0, 0.1) is 11.3 Å². The number of aliphatic hydroxyl groups is 1. The Bertz CT molecular complexity index is 212. The van der Waals surface area contributed by atoms with E-state index in [1.54, 1.807) is 7.11 Å². The summed E-state index contributed by atoms with van der Waals surface area (Å²) in [5.74, 6) is 0. The Kier molecular flexibility index (Phi) is 5.03. The Hall–Kier alpha value is -0.630. The molecule has 0 unspecified atom stereocenters. The third-order valence-corrected chi connectivity index (χ3v) is 3.13. The maximum Gasteiger partial charge on any atom is 0.106 e. The number of hydrogen-bond acceptors (Lipinski definition) is 4. The lowest BCUT2D eigenvalue weighted by Gasteiger charge is -2.35. The normalized spacial score (nSPS) is 31.1. The van der Waals surface area contributed by atoms with Crippen molar-refractivity contribution in [2.24, 2.45) is 0 Å². The summed E-state index contributed by atoms with van der Waals surface area (Å²) >= 11 is 0. The van der Waals surface area contributed by atoms with Crippen molar-refractivity contribution in [2.75, 3.05) is 20.3 Å². The van der Waals surface area contributed by atoms with Gasteiger partial charge in [0.1, 0.15) is 5.54 Å². The maximum atomic E-state index is 9.18. The Morgan fingerprint density at radius 2 is 2.20 bits per heavy atom. The van der Waals surface area contributed by atoms with Crippen molar-refractivity contribution >= 4 is 0 Å². The lowest BCUT2D eigenvalue weighted by molar-refractivity contribution is 0.0522. The second kappa shape index (κ2) is 6.06. The van der Waals surface area contributed by atoms with Gasteiger partial charge >= 0.3 is 0 Å². The van der Waals surface area contributed by atoms with Crippen LogP contribution in [0.3, 0.4) is 0 Å². The molecule has 0 atom stereocenters. The summed E-state index contributed by atoms with van der Waals surface area (Å²) in [5.41, 5.74) is -0.385. The highest BCUT2D eigenvalue weighted by atomic mass is 16.5. The highest BCUT2D eigenvalue weighted by molar-refractivity contribution is 5.09. The number of aliphatic hydroxyl groups excluding tert-OH is 1. The smallest absolute Gasteiger partial charge is 0.106 e. The molecule has 0 saturated heterocycles. The molecule has 1 aliphatic rings. The van der Waals surface area contributed by atoms with E-state index in [-0.39, 0.29) is 12.1 Å². The van der Waals surface area contributed by atoms with Gasteiger partial charge in [-0.3, -0.25) is 5.32 Å². The van der Waals surface area contributed by atoms with E-state index in [0.717, 1.165) is 25.7 Å². The van der Waals surface area contributed by atoms with Crippen molar-refractivity contribution in [3.8, 4) is 6.07 Å². The van der Waals surface area contributed by atoms with E-state index in [4.69, 9.17) is 9.84 Å². The van der Waals surface area contributed by atoms with E-state index < -0.39 is 0 Å². The molecule has 1 aliphatic carbocycles. The molecule has 0 radical (unpaired) electrons. The summed E-state index contributed by atoms with van der Waals surface area (Å²) in [6.07, 6.45) is 4.58. The fraction of sp³-hybridized carbons (Fsp3) is 0.909. The molecule has 0 amide bonds. The number of nitrogens with one attached hydrogen (secondary N) is 1. The molecule has 0 aliphatic heterocycles. The van der Waals surface area contributed by atoms with Crippen LogP contribution in [0.4, 0.5) is 0 Å². The van der Waals surface area contributed by atoms with Crippen molar-refractivity contribution in [1.29, 1.82) is 5.26 Å². The number of nitrogens with zero attached hydrogens (tertiary/aromatic N) is 1. The SMILES string of the molecule is COC1CCC(C#N)(NCCCO)CC1. The molecular weight excluding hydrogens is 192 g/mol. The Morgan fingerprint density at radius 1 is 1.53 bits per heavy atom. The van der Waals surface area contributed by atoms with Gasteiger partial charge in [-0.15, -0.1) is 0 Å². The summed E-state index contributed by atoms with van der Waals surface area (Å²) in [6.45, 7) is 0.886. The molecule has 0 bridgehead atoms. The Morgan fingerprint density at radius 3 is 2.67 bits per heavy atom. The predicted molar refractivity (Wildman–Crippen MR) is 57.3 cm³/mol. The highest BCUT2D eigenvalue weighted by Gasteiger charge is 2.34. The van der Waals surface area contributed by atoms with Gasteiger partial charge in [-0.05, 0) is 38.6 Å². The number of nitriles is 1. The summed E-state index contributed by atoms with van der Waals surface area (Å²) in [5, 5.41) is 21.1. The van der Waals surface area contributed by atoms with Crippen molar-refractivity contribution in [3.05, 3.63) is 0 Å². The van der Waals surface area contributed by atoms with Crippen molar-refractivity contribution < 1.29 is 9.84 Å². The van der Waals surface area contributed by atoms with E-state index in [0.29, 0.717) is 19.1 Å². The van der Waals surface area contributed by atoms with Gasteiger partial charge < -0.3 is 9.84 Å². The van der Waals surface area contributed by atoms with E-state index in [1.165, 1.54) is 0 Å². The van der Waals surface area contributed by atoms with Gasteiger partial charge in [-0.2, -0.15) is 5.26 Å². The summed E-state index contributed by atoms with van der Waals surface area (Å²) in [7, 11) is 1.73. The molecule has 4 heteroatoms. The van der Waals surface area contributed by atoms with Crippen LogP contribution in [-0.4, -0.2) is 37.0 Å². The first-order chi connectivity index (χ1) is 7.26. The lowest BCUT2D eigenvalue weighted by Crippen LogP contribution is -2.48. The van der Waals surface area contributed by atoms with E-state index in [1.807, 2.05) is 0 Å². The highest BCUT2D eigenvalue weighted by Crippen LogP contribution is 2.29. The molecule has 4 nitrogen and oxygen atoms in total. The first kappa shape index (κ1) is 12.4. The molecule has 1 saturated carbocycles. The molecule has 0 aromatic rings. The first-order valence-electron chi connectivity index (χ1n) is 5.56. The summed E-state index contributed by atoms with van der Waals surface area (Å²) in [6, 6.07) is 2.37. The molecule has 0 aromatic heterocycles. The van der Waals surface area contributed by atoms with Gasteiger partial charge in [-0.25, -0.2) is 0 Å². The second-order valence-corrected chi connectivity index (χ2v) is 4.13. The monoisotopic (exact) mass is 212 g/mol. The van der Waals surface area contributed by atoms with Gasteiger partial charge in [0, 0.05) is 13.7 Å². The van der Waals surface area contributed by atoms with Crippen LogP contribution in [0.25, 0.3) is 0 Å². The number of ether oxygens (including phenoxy) is 1. The summed E-state index contributed by atoms with van der Waals surface area (Å²) in [4.78, 5) is 0. The average molecular weight is 212 g/mol. The van der Waals surface area contributed by atoms with Crippen molar-refractivity contribution in [1.82, 2.24) is 5.32 Å². The molecule has 0 heterocycles. The molecule has 1 fully saturated rings. The molecule has 15 heavy (non-hydrogen) atoms. The molecule has 0 aromatic carbocycles. The van der Waals surface area contributed by atoms with Crippen LogP contribution >= 0.6 is 0 Å². The van der Waals surface area contributed by atoms with Crippen LogP contribution in [0.2, 0.25) is 0 Å². The van der Waals surface area contributed by atoms with Gasteiger partial charge in [0.2, 0.25) is 0 Å². The third-order valence-electron chi connectivity index (χ3n) is 3.13. The fourth-order valence-corrected chi connectivity index (χ4v) is 2.05. The van der Waals surface area contributed by atoms with Crippen LogP contribution in [0.1, 0.15) is 32.1 Å². The largest absolute Gasteiger partial charge is 0.396 e. The zero-order valence-corrected chi connectivity index (χ0v) is 9.33. The molecule has 2 N–H and O–H groups in total. The summed E-state index contributed by atoms with van der Waals surface area (Å²) < 4.78 is 5.28. The van der Waals surface area contributed by atoms with E-state index in [2.05, 4.69) is 11.4 Å². The average Bonchev–Trinajstić information content (AvgIpc) is 2.30. The molecular formula is C11H20N2O2. The number of methoxy groups -OCH3 is 1. The third kappa shape index (κ3) is 3.45. The Balaban J connectivity index is 2.39. The minimum absolute atomic E-state index is 0.176. The van der Waals surface area contributed by atoms with Crippen LogP contribution in [-0.2, 0) is 4.74 Å². The number of rotatable bonds is 5. The lowest BCUT2D eigenvalue weighted by atomic mass is 9.81. The standard InChI is InChI=1S/C11H20N2O2/c1-15-10-3-5-11(9-12,6-4-10)13-7-2-8-14/h10,13-14H,2-8H2,1H3. The Labute approximate surface area is 91.2 Å². The van der Waals surface area contributed by atoms with Crippen LogP contribution in [0.5, 0.6) is 0 Å². The van der Waals surface area contributed by atoms with Crippen molar-refractivity contribution in [3.63, 3.8) is 0 Å². The van der Waals surface area contributed by atoms with E-state index >= 15 is 0 Å². The molecule has 0 spiro atoms. The van der Waals surface area contributed by atoms with Crippen LogP contribution in [0.15, 0.2) is 0 Å². The number of hydrogen-bond donors (Lipinski definition) is 2. The first-order valence-corrected chi connectivity index (χ1v) is 5.56. The predicted octanol–water partition coefficient (Wildman–Crippen LogP) is 0.810. The van der Waals surface area contributed by atoms with Gasteiger partial charge in [-0.1, -0.05) is 0 Å². The zero-order chi connectivity index (χ0) is 11.1. The topological polar surface area (TPSA) is 65.3 Å². The maximum absolute atomic E-state index is 9.18. The van der Waals surface area contributed by atoms with E-state index in [9.17, 15) is 5.26 Å².